The molecule has 0 unspecified atom stereocenters. The molecule has 0 aliphatic heterocycles. The van der Waals surface area contributed by atoms with Crippen LogP contribution < -0.4 is 4.74 Å². The van der Waals surface area contributed by atoms with Crippen LogP contribution in [0.2, 0.25) is 0 Å². The van der Waals surface area contributed by atoms with E-state index in [1.165, 1.54) is 6.21 Å². The van der Waals surface area contributed by atoms with E-state index in [0.717, 1.165) is 11.3 Å². The summed E-state index contributed by atoms with van der Waals surface area (Å²) >= 11 is 1.16. The molecule has 0 aliphatic rings. The van der Waals surface area contributed by atoms with Gasteiger partial charge in [0.2, 0.25) is 0 Å². The average molecular weight is 378 g/mol. The zero-order valence-electron chi connectivity index (χ0n) is 14.3. The molecule has 1 atom stereocenters. The maximum absolute atomic E-state index is 12.5. The van der Waals surface area contributed by atoms with Gasteiger partial charge in [-0.2, -0.15) is 0 Å². The van der Waals surface area contributed by atoms with E-state index in [-0.39, 0.29) is 6.61 Å². The molecule has 0 saturated heterocycles. The van der Waals surface area contributed by atoms with Gasteiger partial charge in [0, 0.05) is 4.92 Å². The first-order valence-electron chi connectivity index (χ1n) is 7.70. The van der Waals surface area contributed by atoms with Crippen molar-refractivity contribution in [3.8, 4) is 5.75 Å². The van der Waals surface area contributed by atoms with E-state index in [9.17, 15) is 14.9 Å². The van der Waals surface area contributed by atoms with Crippen LogP contribution in [0.1, 0.15) is 17.4 Å². The molecule has 0 bridgehead atoms. The molecule has 0 N–H and O–H groups in total. The van der Waals surface area contributed by atoms with Crippen molar-refractivity contribution < 1.29 is 24.0 Å². The SMILES string of the molecule is CCOC(=O)[C@](C[N+](=O)[O-])(O/N=C/c1ccc(OC)cc1)c1cccs1. The minimum Gasteiger partial charge on any atom is -0.497 e. The van der Waals surface area contributed by atoms with Gasteiger partial charge in [-0.25, -0.2) is 4.79 Å². The Bertz CT molecular complexity index is 760. The first kappa shape index (κ1) is 19.4. The Morgan fingerprint density at radius 3 is 2.62 bits per heavy atom. The highest BCUT2D eigenvalue weighted by atomic mass is 32.1. The molecule has 0 aliphatic carbocycles. The lowest BCUT2D eigenvalue weighted by Gasteiger charge is -2.24. The molecule has 1 aromatic carbocycles. The first-order chi connectivity index (χ1) is 12.5. The fourth-order valence-electron chi connectivity index (χ4n) is 2.16. The van der Waals surface area contributed by atoms with Crippen molar-refractivity contribution in [2.24, 2.45) is 5.16 Å². The fraction of sp³-hybridized carbons (Fsp3) is 0.294. The summed E-state index contributed by atoms with van der Waals surface area (Å²) in [6.07, 6.45) is 1.36. The highest BCUT2D eigenvalue weighted by Crippen LogP contribution is 2.32. The Morgan fingerprint density at radius 1 is 1.35 bits per heavy atom. The highest BCUT2D eigenvalue weighted by molar-refractivity contribution is 7.10. The molecule has 0 amide bonds. The molecule has 1 heterocycles. The summed E-state index contributed by atoms with van der Waals surface area (Å²) in [6.45, 7) is 0.880. The van der Waals surface area contributed by atoms with Crippen LogP contribution >= 0.6 is 11.3 Å². The van der Waals surface area contributed by atoms with Crippen molar-refractivity contribution in [2.45, 2.75) is 12.5 Å². The number of hydrogen-bond donors (Lipinski definition) is 0. The topological polar surface area (TPSA) is 100 Å². The van der Waals surface area contributed by atoms with Gasteiger partial charge in [0.25, 0.3) is 6.54 Å². The molecule has 1 aromatic heterocycles. The number of esters is 1. The van der Waals surface area contributed by atoms with E-state index < -0.39 is 23.0 Å². The Kier molecular flexibility index (Phi) is 6.67. The standard InChI is InChI=1S/C17H18N2O6S/c1-3-24-16(20)17(12-19(21)22,15-5-4-10-26-15)25-18-11-13-6-8-14(23-2)9-7-13/h4-11H,3,12H2,1-2H3/b18-11+/t17-/m1/s1. The van der Waals surface area contributed by atoms with Gasteiger partial charge in [0.05, 0.1) is 24.8 Å². The molecule has 138 valence electrons. The Balaban J connectivity index is 2.31. The molecular formula is C17H18N2O6S. The summed E-state index contributed by atoms with van der Waals surface area (Å²) in [6, 6.07) is 10.2. The summed E-state index contributed by atoms with van der Waals surface area (Å²) in [5, 5.41) is 16.7. The predicted molar refractivity (Wildman–Crippen MR) is 96.2 cm³/mol. The number of carbonyl (C=O) groups is 1. The molecule has 8 nitrogen and oxygen atoms in total. The van der Waals surface area contributed by atoms with E-state index in [0.29, 0.717) is 16.2 Å². The van der Waals surface area contributed by atoms with Gasteiger partial charge in [0.15, 0.2) is 0 Å². The molecule has 0 radical (unpaired) electrons. The summed E-state index contributed by atoms with van der Waals surface area (Å²) in [5.41, 5.74) is -1.26. The van der Waals surface area contributed by atoms with Gasteiger partial charge >= 0.3 is 11.6 Å². The molecule has 9 heteroatoms. The quantitative estimate of drug-likeness (QED) is 0.288. The number of nitro groups is 1. The van der Waals surface area contributed by atoms with Crippen LogP contribution in [0.5, 0.6) is 5.75 Å². The molecule has 2 rings (SSSR count). The number of nitrogens with zero attached hydrogens (tertiary/aromatic N) is 2. The molecular weight excluding hydrogens is 360 g/mol. The van der Waals surface area contributed by atoms with E-state index in [1.54, 1.807) is 55.8 Å². The maximum Gasteiger partial charge on any atom is 0.366 e. The third kappa shape index (κ3) is 4.57. The van der Waals surface area contributed by atoms with Crippen molar-refractivity contribution in [2.75, 3.05) is 20.3 Å². The second-order valence-corrected chi connectivity index (χ2v) is 6.06. The van der Waals surface area contributed by atoms with Crippen LogP contribution in [0.25, 0.3) is 0 Å². The van der Waals surface area contributed by atoms with Crippen molar-refractivity contribution in [3.05, 3.63) is 62.3 Å². The third-order valence-corrected chi connectivity index (χ3v) is 4.42. The van der Waals surface area contributed by atoms with Crippen LogP contribution in [0.4, 0.5) is 0 Å². The number of ether oxygens (including phenoxy) is 2. The molecule has 2 aromatic rings. The Hall–Kier alpha value is -2.94. The van der Waals surface area contributed by atoms with Crippen LogP contribution in [0.3, 0.4) is 0 Å². The lowest BCUT2D eigenvalue weighted by molar-refractivity contribution is -0.501. The minimum absolute atomic E-state index is 0.0647. The monoisotopic (exact) mass is 378 g/mol. The maximum atomic E-state index is 12.5. The normalized spacial score (nSPS) is 13.2. The summed E-state index contributed by atoms with van der Waals surface area (Å²) in [5.74, 6) is -0.179. The summed E-state index contributed by atoms with van der Waals surface area (Å²) in [4.78, 5) is 28.8. The van der Waals surface area contributed by atoms with Gasteiger partial charge < -0.3 is 14.3 Å². The second-order valence-electron chi connectivity index (χ2n) is 5.11. The van der Waals surface area contributed by atoms with Crippen LogP contribution in [0.15, 0.2) is 46.9 Å². The lowest BCUT2D eigenvalue weighted by atomic mass is 10.0. The number of rotatable bonds is 9. The smallest absolute Gasteiger partial charge is 0.366 e. The van der Waals surface area contributed by atoms with Gasteiger partial charge in [-0.3, -0.25) is 10.1 Å². The third-order valence-electron chi connectivity index (χ3n) is 3.40. The number of thiophene rings is 1. The van der Waals surface area contributed by atoms with Gasteiger partial charge in [-0.1, -0.05) is 11.2 Å². The van der Waals surface area contributed by atoms with E-state index in [1.807, 2.05) is 0 Å². The van der Waals surface area contributed by atoms with Crippen molar-refractivity contribution in [1.82, 2.24) is 0 Å². The Morgan fingerprint density at radius 2 is 2.08 bits per heavy atom. The zero-order valence-corrected chi connectivity index (χ0v) is 15.1. The largest absolute Gasteiger partial charge is 0.497 e. The van der Waals surface area contributed by atoms with E-state index in [2.05, 4.69) is 5.16 Å². The van der Waals surface area contributed by atoms with Crippen LogP contribution in [-0.4, -0.2) is 37.4 Å². The number of methoxy groups -OCH3 is 1. The van der Waals surface area contributed by atoms with Crippen molar-refractivity contribution in [3.63, 3.8) is 0 Å². The average Bonchev–Trinajstić information content (AvgIpc) is 3.16. The summed E-state index contributed by atoms with van der Waals surface area (Å²) < 4.78 is 10.1. The van der Waals surface area contributed by atoms with E-state index >= 15 is 0 Å². The number of benzene rings is 1. The van der Waals surface area contributed by atoms with Gasteiger partial charge in [-0.15, -0.1) is 11.3 Å². The molecule has 0 fully saturated rings. The summed E-state index contributed by atoms with van der Waals surface area (Å²) in [7, 11) is 1.55. The fourth-order valence-corrected chi connectivity index (χ4v) is 3.00. The number of hydrogen-bond acceptors (Lipinski definition) is 8. The number of carbonyl (C=O) groups excluding carboxylic acids is 1. The van der Waals surface area contributed by atoms with Gasteiger partial charge in [-0.05, 0) is 48.2 Å². The molecule has 0 spiro atoms. The van der Waals surface area contributed by atoms with Crippen molar-refractivity contribution in [1.29, 1.82) is 0 Å². The first-order valence-corrected chi connectivity index (χ1v) is 8.58. The zero-order chi connectivity index (χ0) is 19.0. The van der Waals surface area contributed by atoms with Gasteiger partial charge in [0.1, 0.15) is 5.75 Å². The van der Waals surface area contributed by atoms with Crippen LogP contribution in [0, 0.1) is 10.1 Å². The lowest BCUT2D eigenvalue weighted by Crippen LogP contribution is -2.44. The molecule has 26 heavy (non-hydrogen) atoms. The minimum atomic E-state index is -1.93. The Labute approximate surface area is 154 Å². The van der Waals surface area contributed by atoms with Crippen molar-refractivity contribution >= 4 is 23.5 Å². The molecule has 0 saturated carbocycles. The predicted octanol–water partition coefficient (Wildman–Crippen LogP) is 2.84. The van der Waals surface area contributed by atoms with E-state index in [4.69, 9.17) is 14.3 Å². The second kappa shape index (κ2) is 8.95. The number of oxime groups is 1. The van der Waals surface area contributed by atoms with Crippen LogP contribution in [-0.2, 0) is 20.0 Å². The highest BCUT2D eigenvalue weighted by Gasteiger charge is 2.51.